The fraction of sp³-hybridized carbons (Fsp3) is 0.800. The van der Waals surface area contributed by atoms with Crippen LogP contribution < -0.4 is 11.1 Å². The Bertz CT molecular complexity index is 206. The highest BCUT2D eigenvalue weighted by Gasteiger charge is 2.17. The molecule has 0 heterocycles. The van der Waals surface area contributed by atoms with Crippen molar-refractivity contribution in [3.63, 3.8) is 0 Å². The quantitative estimate of drug-likeness (QED) is 0.663. The average molecular weight is 216 g/mol. The third-order valence-electron chi connectivity index (χ3n) is 2.30. The van der Waals surface area contributed by atoms with E-state index in [1.54, 1.807) is 6.92 Å². The van der Waals surface area contributed by atoms with Crippen molar-refractivity contribution in [3.05, 3.63) is 0 Å². The lowest BCUT2D eigenvalue weighted by Gasteiger charge is -2.18. The normalized spacial score (nSPS) is 14.5. The molecule has 0 saturated carbocycles. The van der Waals surface area contributed by atoms with E-state index in [0.717, 1.165) is 19.3 Å². The molecule has 3 N–H and O–H groups in total. The predicted molar refractivity (Wildman–Crippen MR) is 63.1 cm³/mol. The zero-order valence-corrected chi connectivity index (χ0v) is 9.99. The number of hydrogen-bond donors (Lipinski definition) is 2. The molecule has 2 unspecified atom stereocenters. The Morgan fingerprint density at radius 1 is 1.50 bits per heavy atom. The Morgan fingerprint density at radius 3 is 2.43 bits per heavy atom. The summed E-state index contributed by atoms with van der Waals surface area (Å²) in [6.07, 6.45) is 3.02. The lowest BCUT2D eigenvalue weighted by atomic mass is 10.1. The Labute approximate surface area is 91.4 Å². The molecule has 2 atom stereocenters. The molecular formula is C10H20N2OS. The van der Waals surface area contributed by atoms with Gasteiger partial charge in [-0.3, -0.25) is 4.79 Å². The molecule has 0 aromatic heterocycles. The molecule has 0 saturated heterocycles. The minimum atomic E-state index is -0.365. The van der Waals surface area contributed by atoms with Gasteiger partial charge in [-0.15, -0.1) is 0 Å². The molecule has 0 aromatic carbocycles. The highest BCUT2D eigenvalue weighted by Crippen LogP contribution is 2.03. The highest BCUT2D eigenvalue weighted by molar-refractivity contribution is 7.80. The van der Waals surface area contributed by atoms with Gasteiger partial charge in [0.15, 0.2) is 0 Å². The topological polar surface area (TPSA) is 55.1 Å². The van der Waals surface area contributed by atoms with Gasteiger partial charge in [0.25, 0.3) is 0 Å². The summed E-state index contributed by atoms with van der Waals surface area (Å²) < 4.78 is 0. The van der Waals surface area contributed by atoms with Crippen LogP contribution in [0.5, 0.6) is 0 Å². The second kappa shape index (κ2) is 6.76. The zero-order valence-electron chi connectivity index (χ0n) is 9.17. The fourth-order valence-corrected chi connectivity index (χ4v) is 1.29. The minimum Gasteiger partial charge on any atom is -0.393 e. The van der Waals surface area contributed by atoms with Gasteiger partial charge in [-0.05, 0) is 19.8 Å². The van der Waals surface area contributed by atoms with Crippen molar-refractivity contribution in [3.8, 4) is 0 Å². The predicted octanol–water partition coefficient (Wildman–Crippen LogP) is 1.60. The summed E-state index contributed by atoms with van der Waals surface area (Å²) in [5, 5.41) is 2.94. The van der Waals surface area contributed by atoms with Gasteiger partial charge < -0.3 is 11.1 Å². The number of thiocarbonyl (C=S) groups is 1. The molecule has 3 nitrogen and oxygen atoms in total. The van der Waals surface area contributed by atoms with Crippen molar-refractivity contribution in [1.29, 1.82) is 0 Å². The van der Waals surface area contributed by atoms with Crippen LogP contribution in [0.4, 0.5) is 0 Å². The fourth-order valence-electron chi connectivity index (χ4n) is 1.18. The summed E-state index contributed by atoms with van der Waals surface area (Å²) in [4.78, 5) is 11.8. The molecule has 0 bridgehead atoms. The lowest BCUT2D eigenvalue weighted by Crippen LogP contribution is -2.41. The van der Waals surface area contributed by atoms with Crippen molar-refractivity contribution < 1.29 is 4.79 Å². The Hall–Kier alpha value is -0.640. The van der Waals surface area contributed by atoms with Crippen LogP contribution in [0.1, 0.15) is 40.0 Å². The second-order valence-corrected chi connectivity index (χ2v) is 4.00. The summed E-state index contributed by atoms with van der Waals surface area (Å²) in [6, 6.07) is 0.254. The van der Waals surface area contributed by atoms with E-state index >= 15 is 0 Å². The Morgan fingerprint density at radius 2 is 2.07 bits per heavy atom. The molecule has 0 spiro atoms. The van der Waals surface area contributed by atoms with Crippen molar-refractivity contribution in [2.75, 3.05) is 0 Å². The van der Waals surface area contributed by atoms with Crippen LogP contribution in [-0.2, 0) is 4.79 Å². The zero-order chi connectivity index (χ0) is 11.1. The van der Waals surface area contributed by atoms with Crippen molar-refractivity contribution in [2.24, 2.45) is 11.7 Å². The van der Waals surface area contributed by atoms with Gasteiger partial charge >= 0.3 is 0 Å². The van der Waals surface area contributed by atoms with E-state index in [4.69, 9.17) is 18.0 Å². The molecule has 0 aliphatic carbocycles. The Kier molecular flexibility index (Phi) is 6.45. The number of amides is 1. The molecule has 0 radical (unpaired) electrons. The summed E-state index contributed by atoms with van der Waals surface area (Å²) in [5.41, 5.74) is 5.40. The molecule has 0 aliphatic rings. The van der Waals surface area contributed by atoms with Crippen molar-refractivity contribution in [2.45, 2.75) is 46.1 Å². The van der Waals surface area contributed by atoms with Crippen molar-refractivity contribution >= 4 is 23.1 Å². The first kappa shape index (κ1) is 13.4. The van der Waals surface area contributed by atoms with Crippen LogP contribution in [0.3, 0.4) is 0 Å². The van der Waals surface area contributed by atoms with E-state index in [1.165, 1.54) is 0 Å². The van der Waals surface area contributed by atoms with E-state index in [0.29, 0.717) is 0 Å². The van der Waals surface area contributed by atoms with Crippen LogP contribution >= 0.6 is 12.2 Å². The molecular weight excluding hydrogens is 196 g/mol. The van der Waals surface area contributed by atoms with Crippen LogP contribution in [-0.4, -0.2) is 16.9 Å². The summed E-state index contributed by atoms with van der Waals surface area (Å²) >= 11 is 4.77. The van der Waals surface area contributed by atoms with Crippen LogP contribution in [0, 0.1) is 5.92 Å². The van der Waals surface area contributed by atoms with Crippen LogP contribution in [0.2, 0.25) is 0 Å². The number of nitrogens with one attached hydrogen (secondary N) is 1. The molecule has 0 aromatic rings. The molecule has 0 fully saturated rings. The number of carbonyl (C=O) groups is 1. The number of rotatable bonds is 6. The monoisotopic (exact) mass is 216 g/mol. The average Bonchev–Trinajstić information content (AvgIpc) is 2.15. The molecule has 4 heteroatoms. The molecule has 1 amide bonds. The highest BCUT2D eigenvalue weighted by atomic mass is 32.1. The summed E-state index contributed by atoms with van der Waals surface area (Å²) in [6.45, 7) is 5.90. The second-order valence-electron chi connectivity index (χ2n) is 3.53. The van der Waals surface area contributed by atoms with Gasteiger partial charge in [0, 0.05) is 6.04 Å². The van der Waals surface area contributed by atoms with Crippen LogP contribution in [0.15, 0.2) is 0 Å². The SMILES string of the molecule is CCCC(CC)NC(=O)C(C)C(N)=S. The van der Waals surface area contributed by atoms with Gasteiger partial charge in [0.05, 0.1) is 10.9 Å². The van der Waals surface area contributed by atoms with Gasteiger partial charge in [0.1, 0.15) is 0 Å². The van der Waals surface area contributed by atoms with Gasteiger partial charge in [0.2, 0.25) is 5.91 Å². The van der Waals surface area contributed by atoms with E-state index < -0.39 is 0 Å². The molecule has 0 aliphatic heterocycles. The first-order valence-electron chi connectivity index (χ1n) is 5.12. The number of hydrogen-bond acceptors (Lipinski definition) is 2. The maximum Gasteiger partial charge on any atom is 0.229 e. The largest absolute Gasteiger partial charge is 0.393 e. The minimum absolute atomic E-state index is 0.0576. The summed E-state index contributed by atoms with van der Waals surface area (Å²) in [5.74, 6) is -0.422. The Balaban J connectivity index is 4.08. The third-order valence-corrected chi connectivity index (χ3v) is 2.65. The lowest BCUT2D eigenvalue weighted by molar-refractivity contribution is -0.123. The van der Waals surface area contributed by atoms with E-state index in [1.807, 2.05) is 0 Å². The van der Waals surface area contributed by atoms with Gasteiger partial charge in [-0.1, -0.05) is 32.5 Å². The number of carbonyl (C=O) groups excluding carboxylic acids is 1. The molecule has 82 valence electrons. The smallest absolute Gasteiger partial charge is 0.229 e. The maximum absolute atomic E-state index is 11.6. The first-order chi connectivity index (χ1) is 6.52. The molecule has 0 rings (SSSR count). The maximum atomic E-state index is 11.6. The molecule has 14 heavy (non-hydrogen) atoms. The van der Waals surface area contributed by atoms with Crippen molar-refractivity contribution in [1.82, 2.24) is 5.32 Å². The first-order valence-corrected chi connectivity index (χ1v) is 5.53. The number of nitrogens with two attached hydrogens (primary N) is 1. The summed E-state index contributed by atoms with van der Waals surface area (Å²) in [7, 11) is 0. The van der Waals surface area contributed by atoms with E-state index in [9.17, 15) is 4.79 Å². The van der Waals surface area contributed by atoms with Crippen LogP contribution in [0.25, 0.3) is 0 Å². The van der Waals surface area contributed by atoms with Gasteiger partial charge in [-0.25, -0.2) is 0 Å². The van der Waals surface area contributed by atoms with E-state index in [2.05, 4.69) is 19.2 Å². The third kappa shape index (κ3) is 4.56. The van der Waals surface area contributed by atoms with Gasteiger partial charge in [-0.2, -0.15) is 0 Å². The van der Waals surface area contributed by atoms with E-state index in [-0.39, 0.29) is 22.9 Å². The standard InChI is InChI=1S/C10H20N2OS/c1-4-6-8(5-2)12-10(13)7(3)9(11)14/h7-8H,4-6H2,1-3H3,(H2,11,14)(H,12,13).